The molecule has 0 atom stereocenters. The Morgan fingerprint density at radius 3 is 2.74 bits per heavy atom. The van der Waals surface area contributed by atoms with E-state index in [9.17, 15) is 10.1 Å². The molecule has 126 valence electrons. The largest absolute Gasteiger partial charge is 0.385 e. The quantitative estimate of drug-likeness (QED) is 0.348. The second-order valence-electron chi connectivity index (χ2n) is 5.24. The van der Waals surface area contributed by atoms with Gasteiger partial charge in [-0.15, -0.1) is 0 Å². The van der Waals surface area contributed by atoms with Gasteiger partial charge >= 0.3 is 5.69 Å². The molecule has 0 aromatic carbocycles. The van der Waals surface area contributed by atoms with Crippen LogP contribution in [-0.4, -0.2) is 61.4 Å². The standard InChI is InChI=1S/C14H21N5O3S/c1-22-10-2-5-15-14(23)18-8-6-17(7-9-18)13-4-3-12(11-16-13)19(20)21/h3-4,11H,2,5-10H2,1H3,(H,15,23)/p+1. The van der Waals surface area contributed by atoms with Crippen LogP contribution in [0.4, 0.5) is 11.5 Å². The summed E-state index contributed by atoms with van der Waals surface area (Å²) in [5, 5.41) is 14.7. The fourth-order valence-corrected chi connectivity index (χ4v) is 2.68. The number of hydrogen-bond donors (Lipinski definition) is 1. The molecular formula is C14H22N5O3S+. The van der Waals surface area contributed by atoms with Crippen molar-refractivity contribution in [1.82, 2.24) is 10.2 Å². The number of pyridine rings is 1. The molecular weight excluding hydrogens is 318 g/mol. The molecule has 8 nitrogen and oxygen atoms in total. The molecule has 2 N–H and O–H groups in total. The first-order chi connectivity index (χ1) is 11.1. The number of hydrogen-bond acceptors (Lipinski definition) is 5. The molecule has 0 spiro atoms. The van der Waals surface area contributed by atoms with Crippen molar-refractivity contribution in [3.63, 3.8) is 0 Å². The van der Waals surface area contributed by atoms with E-state index in [4.69, 9.17) is 17.0 Å². The number of anilines is 1. The Balaban J connectivity index is 1.79. The summed E-state index contributed by atoms with van der Waals surface area (Å²) in [6.07, 6.45) is 2.35. The molecule has 2 heterocycles. The predicted octanol–water partition coefficient (Wildman–Crippen LogP) is 0.442. The Bertz CT molecular complexity index is 532. The average Bonchev–Trinajstić information content (AvgIpc) is 2.59. The summed E-state index contributed by atoms with van der Waals surface area (Å²) >= 11 is 5.40. The number of H-pyrrole nitrogens is 1. The molecule has 1 aromatic rings. The molecule has 0 aliphatic carbocycles. The van der Waals surface area contributed by atoms with E-state index in [1.54, 1.807) is 13.2 Å². The van der Waals surface area contributed by atoms with Crippen LogP contribution in [0.2, 0.25) is 0 Å². The van der Waals surface area contributed by atoms with Crippen LogP contribution in [0.1, 0.15) is 6.42 Å². The summed E-state index contributed by atoms with van der Waals surface area (Å²) in [5.41, 5.74) is 0.0637. The van der Waals surface area contributed by atoms with Crippen LogP contribution in [0.5, 0.6) is 0 Å². The number of nitro groups is 1. The third kappa shape index (κ3) is 5.00. The second-order valence-corrected chi connectivity index (χ2v) is 5.63. The number of piperazine rings is 1. The first-order valence-corrected chi connectivity index (χ1v) is 7.95. The maximum Gasteiger partial charge on any atom is 0.308 e. The molecule has 1 saturated heterocycles. The minimum absolute atomic E-state index is 0.0637. The molecule has 0 unspecified atom stereocenters. The molecule has 9 heteroatoms. The highest BCUT2D eigenvalue weighted by Crippen LogP contribution is 2.14. The Hall–Kier alpha value is -2.00. The number of nitrogens with zero attached hydrogens (tertiary/aromatic N) is 3. The fourth-order valence-electron chi connectivity index (χ4n) is 2.39. The molecule has 0 amide bonds. The van der Waals surface area contributed by atoms with E-state index >= 15 is 0 Å². The topological polar surface area (TPSA) is 85.0 Å². The molecule has 1 aliphatic rings. The van der Waals surface area contributed by atoms with Crippen molar-refractivity contribution >= 4 is 28.8 Å². The molecule has 23 heavy (non-hydrogen) atoms. The van der Waals surface area contributed by atoms with Crippen LogP contribution in [0.15, 0.2) is 18.3 Å². The number of nitrogens with one attached hydrogen (secondary N) is 2. The highest BCUT2D eigenvalue weighted by Gasteiger charge is 2.25. The van der Waals surface area contributed by atoms with E-state index in [0.29, 0.717) is 0 Å². The molecule has 1 aromatic heterocycles. The zero-order valence-corrected chi connectivity index (χ0v) is 14.0. The van der Waals surface area contributed by atoms with Gasteiger partial charge in [-0.25, -0.2) is 4.98 Å². The Morgan fingerprint density at radius 1 is 1.43 bits per heavy atom. The monoisotopic (exact) mass is 340 g/mol. The average molecular weight is 340 g/mol. The highest BCUT2D eigenvalue weighted by atomic mass is 32.1. The second kappa shape index (κ2) is 8.59. The summed E-state index contributed by atoms with van der Waals surface area (Å²) in [6, 6.07) is 3.26. The number of aromatic amines is 1. The van der Waals surface area contributed by atoms with E-state index in [1.807, 2.05) is 0 Å². The van der Waals surface area contributed by atoms with Gasteiger partial charge in [0.05, 0.1) is 18.0 Å². The number of methoxy groups -OCH3 is 1. The minimum Gasteiger partial charge on any atom is -0.385 e. The zero-order valence-electron chi connectivity index (χ0n) is 13.2. The van der Waals surface area contributed by atoms with Gasteiger partial charge in [0.1, 0.15) is 13.1 Å². The SMILES string of the molecule is COCCCNC(=S)N1CCN(c2ccc([N+](=O)[O-])c[nH+]2)CC1. The number of aromatic nitrogens is 1. The summed E-state index contributed by atoms with van der Waals surface area (Å²) in [4.78, 5) is 17.5. The third-order valence-electron chi connectivity index (χ3n) is 3.70. The van der Waals surface area contributed by atoms with E-state index < -0.39 is 4.92 Å². The molecule has 0 bridgehead atoms. The Morgan fingerprint density at radius 2 is 2.17 bits per heavy atom. The van der Waals surface area contributed by atoms with Gasteiger partial charge in [0.25, 0.3) is 5.82 Å². The van der Waals surface area contributed by atoms with Gasteiger partial charge in [-0.1, -0.05) is 0 Å². The van der Waals surface area contributed by atoms with Gasteiger partial charge in [-0.2, -0.15) is 0 Å². The maximum absolute atomic E-state index is 10.7. The molecule has 0 radical (unpaired) electrons. The van der Waals surface area contributed by atoms with Crippen LogP contribution in [0.3, 0.4) is 0 Å². The van der Waals surface area contributed by atoms with Crippen LogP contribution >= 0.6 is 12.2 Å². The van der Waals surface area contributed by atoms with Gasteiger partial charge in [0.15, 0.2) is 11.3 Å². The lowest BCUT2D eigenvalue weighted by Crippen LogP contribution is -2.52. The van der Waals surface area contributed by atoms with E-state index in [1.165, 1.54) is 12.3 Å². The summed E-state index contributed by atoms with van der Waals surface area (Å²) in [6.45, 7) is 4.80. The lowest BCUT2D eigenvalue weighted by molar-refractivity contribution is -0.414. The third-order valence-corrected chi connectivity index (χ3v) is 4.10. The first kappa shape index (κ1) is 17.4. The van der Waals surface area contributed by atoms with Crippen LogP contribution < -0.4 is 15.2 Å². The lowest BCUT2D eigenvalue weighted by atomic mass is 10.3. The first-order valence-electron chi connectivity index (χ1n) is 7.54. The summed E-state index contributed by atoms with van der Waals surface area (Å²) in [7, 11) is 1.69. The molecule has 1 fully saturated rings. The summed E-state index contributed by atoms with van der Waals surface area (Å²) < 4.78 is 5.01. The van der Waals surface area contributed by atoms with Crippen molar-refractivity contribution in [1.29, 1.82) is 0 Å². The van der Waals surface area contributed by atoms with E-state index in [-0.39, 0.29) is 5.69 Å². The van der Waals surface area contributed by atoms with Crippen molar-refractivity contribution in [2.24, 2.45) is 0 Å². The molecule has 1 aliphatic heterocycles. The molecule has 2 rings (SSSR count). The number of ether oxygens (including phenoxy) is 1. The van der Waals surface area contributed by atoms with Crippen LogP contribution in [0.25, 0.3) is 0 Å². The predicted molar refractivity (Wildman–Crippen MR) is 90.5 cm³/mol. The van der Waals surface area contributed by atoms with Crippen LogP contribution in [-0.2, 0) is 4.74 Å². The van der Waals surface area contributed by atoms with Crippen molar-refractivity contribution in [2.75, 3.05) is 51.3 Å². The van der Waals surface area contributed by atoms with Gasteiger partial charge in [0, 0.05) is 32.4 Å². The normalized spacial score (nSPS) is 14.7. The van der Waals surface area contributed by atoms with Crippen molar-refractivity contribution in [3.05, 3.63) is 28.4 Å². The fraction of sp³-hybridized carbons (Fsp3) is 0.571. The Labute approximate surface area is 140 Å². The van der Waals surface area contributed by atoms with E-state index in [0.717, 1.165) is 56.7 Å². The van der Waals surface area contributed by atoms with Gasteiger partial charge in [-0.05, 0) is 18.6 Å². The zero-order chi connectivity index (χ0) is 16.7. The lowest BCUT2D eigenvalue weighted by Gasteiger charge is -2.32. The maximum atomic E-state index is 10.7. The van der Waals surface area contributed by atoms with Crippen molar-refractivity contribution in [3.8, 4) is 0 Å². The molecule has 0 saturated carbocycles. The smallest absolute Gasteiger partial charge is 0.308 e. The van der Waals surface area contributed by atoms with Crippen molar-refractivity contribution in [2.45, 2.75) is 6.42 Å². The van der Waals surface area contributed by atoms with Gasteiger partial charge < -0.3 is 15.0 Å². The summed E-state index contributed by atoms with van der Waals surface area (Å²) in [5.74, 6) is 0.884. The van der Waals surface area contributed by atoms with Gasteiger partial charge in [-0.3, -0.25) is 15.0 Å². The number of thiocarbonyl (C=S) groups is 1. The van der Waals surface area contributed by atoms with E-state index in [2.05, 4.69) is 20.1 Å². The minimum atomic E-state index is -0.411. The number of rotatable bonds is 6. The van der Waals surface area contributed by atoms with Crippen molar-refractivity contribution < 1.29 is 14.6 Å². The highest BCUT2D eigenvalue weighted by molar-refractivity contribution is 7.80. The van der Waals surface area contributed by atoms with Gasteiger partial charge in [0.2, 0.25) is 0 Å². The Kier molecular flexibility index (Phi) is 6.48. The van der Waals surface area contributed by atoms with Crippen LogP contribution in [0, 0.1) is 10.1 Å².